The second-order valence-corrected chi connectivity index (χ2v) is 5.15. The molecule has 0 aliphatic rings. The number of nitrogens with two attached hydrogens (primary N) is 1. The van der Waals surface area contributed by atoms with E-state index in [0.717, 1.165) is 0 Å². The molecule has 0 unspecified atom stereocenters. The van der Waals surface area contributed by atoms with Crippen molar-refractivity contribution in [3.8, 4) is 5.75 Å². The van der Waals surface area contributed by atoms with E-state index in [4.69, 9.17) is 22.1 Å². The number of halogens is 2. The maximum absolute atomic E-state index is 11.0. The molecule has 2 aromatic rings. The maximum Gasteiger partial charge on any atom is 0.313 e. The molecule has 1 aromatic carbocycles. The molecule has 0 aliphatic carbocycles. The van der Waals surface area contributed by atoms with Gasteiger partial charge in [-0.15, -0.1) is 0 Å². The first-order valence-corrected chi connectivity index (χ1v) is 6.61. The summed E-state index contributed by atoms with van der Waals surface area (Å²) in [5.41, 5.74) is 6.53. The van der Waals surface area contributed by atoms with Crippen LogP contribution in [-0.2, 0) is 6.61 Å². The molecule has 0 saturated heterocycles. The van der Waals surface area contributed by atoms with Crippen LogP contribution in [0.3, 0.4) is 0 Å². The number of benzene rings is 1. The van der Waals surface area contributed by atoms with Crippen LogP contribution in [0.4, 0.5) is 11.4 Å². The van der Waals surface area contributed by atoms with Crippen molar-refractivity contribution in [1.82, 2.24) is 4.98 Å². The molecule has 20 heavy (non-hydrogen) atoms. The summed E-state index contributed by atoms with van der Waals surface area (Å²) in [5, 5.41) is 11.3. The molecule has 0 aliphatic heterocycles. The predicted octanol–water partition coefficient (Wildman–Crippen LogP) is 3.57. The van der Waals surface area contributed by atoms with Gasteiger partial charge in [-0.2, -0.15) is 0 Å². The van der Waals surface area contributed by atoms with Crippen LogP contribution in [0.25, 0.3) is 0 Å². The highest BCUT2D eigenvalue weighted by molar-refractivity contribution is 9.10. The molecule has 1 heterocycles. The Balaban J connectivity index is 2.27. The molecule has 8 heteroatoms. The molecule has 0 spiro atoms. The number of nitro benzene ring substituents is 1. The normalized spacial score (nSPS) is 10.3. The van der Waals surface area contributed by atoms with E-state index in [0.29, 0.717) is 15.9 Å². The first kappa shape index (κ1) is 14.5. The molecule has 0 saturated carbocycles. The van der Waals surface area contributed by atoms with Crippen molar-refractivity contribution in [1.29, 1.82) is 0 Å². The lowest BCUT2D eigenvalue weighted by molar-refractivity contribution is -0.386. The van der Waals surface area contributed by atoms with E-state index in [1.54, 1.807) is 18.3 Å². The van der Waals surface area contributed by atoms with Crippen LogP contribution in [0.1, 0.15) is 5.69 Å². The number of hydrogen-bond acceptors (Lipinski definition) is 5. The van der Waals surface area contributed by atoms with Gasteiger partial charge in [0.1, 0.15) is 6.61 Å². The van der Waals surface area contributed by atoms with E-state index >= 15 is 0 Å². The molecule has 6 nitrogen and oxygen atoms in total. The fourth-order valence-corrected chi connectivity index (χ4v) is 2.46. The number of pyridine rings is 1. The highest BCUT2D eigenvalue weighted by Crippen LogP contribution is 2.38. The van der Waals surface area contributed by atoms with Gasteiger partial charge >= 0.3 is 5.69 Å². The van der Waals surface area contributed by atoms with E-state index in [1.807, 2.05) is 0 Å². The predicted molar refractivity (Wildman–Crippen MR) is 78.8 cm³/mol. The molecular weight excluding hydrogens is 350 g/mol. The summed E-state index contributed by atoms with van der Waals surface area (Å²) in [5.74, 6) is 0.101. The number of nitrogens with zero attached hydrogens (tertiary/aromatic N) is 2. The van der Waals surface area contributed by atoms with Crippen molar-refractivity contribution in [2.45, 2.75) is 6.61 Å². The number of rotatable bonds is 4. The van der Waals surface area contributed by atoms with E-state index in [-0.39, 0.29) is 23.1 Å². The fourth-order valence-electron chi connectivity index (χ4n) is 1.55. The van der Waals surface area contributed by atoms with Crippen molar-refractivity contribution in [2.75, 3.05) is 5.73 Å². The fraction of sp³-hybridized carbons (Fsp3) is 0.0833. The average molecular weight is 359 g/mol. The van der Waals surface area contributed by atoms with E-state index in [2.05, 4.69) is 20.9 Å². The summed E-state index contributed by atoms with van der Waals surface area (Å²) in [6.07, 6.45) is 1.54. The van der Waals surface area contributed by atoms with E-state index < -0.39 is 4.92 Å². The van der Waals surface area contributed by atoms with Gasteiger partial charge in [0.2, 0.25) is 5.75 Å². The Morgan fingerprint density at radius 3 is 2.85 bits per heavy atom. The minimum Gasteiger partial charge on any atom is -0.480 e. The lowest BCUT2D eigenvalue weighted by atomic mass is 10.3. The highest BCUT2D eigenvalue weighted by Gasteiger charge is 2.20. The third-order valence-electron chi connectivity index (χ3n) is 2.39. The quantitative estimate of drug-likeness (QED) is 0.666. The van der Waals surface area contributed by atoms with Gasteiger partial charge in [0.25, 0.3) is 0 Å². The lowest BCUT2D eigenvalue weighted by Gasteiger charge is -2.09. The van der Waals surface area contributed by atoms with Gasteiger partial charge in [0.05, 0.1) is 15.1 Å². The van der Waals surface area contributed by atoms with E-state index in [9.17, 15) is 10.1 Å². The van der Waals surface area contributed by atoms with Crippen LogP contribution >= 0.6 is 27.5 Å². The topological polar surface area (TPSA) is 91.3 Å². The molecule has 0 atom stereocenters. The smallest absolute Gasteiger partial charge is 0.313 e. The second-order valence-electron chi connectivity index (χ2n) is 3.86. The van der Waals surface area contributed by atoms with Crippen LogP contribution < -0.4 is 10.5 Å². The summed E-state index contributed by atoms with van der Waals surface area (Å²) in [6.45, 7) is 0.0616. The number of aromatic nitrogens is 1. The first-order chi connectivity index (χ1) is 9.47. The van der Waals surface area contributed by atoms with Crippen molar-refractivity contribution < 1.29 is 9.66 Å². The summed E-state index contributed by atoms with van der Waals surface area (Å²) in [4.78, 5) is 14.5. The first-order valence-electron chi connectivity index (χ1n) is 5.44. The minimum absolute atomic E-state index is 0.0616. The van der Waals surface area contributed by atoms with Crippen LogP contribution in [-0.4, -0.2) is 9.91 Å². The van der Waals surface area contributed by atoms with Gasteiger partial charge in [-0.05, 0) is 34.1 Å². The van der Waals surface area contributed by atoms with Gasteiger partial charge in [-0.1, -0.05) is 11.6 Å². The zero-order chi connectivity index (χ0) is 14.7. The monoisotopic (exact) mass is 357 g/mol. The largest absolute Gasteiger partial charge is 0.480 e. The standard InChI is InChI=1S/C12H9BrClN3O3/c13-10-3-7(14)4-11(17(18)19)12(10)20-6-9-5-8(15)1-2-16-9/h1-5H,6H2,(H2,15,16). The third-order valence-corrected chi connectivity index (χ3v) is 3.20. The Labute approximate surface area is 127 Å². The molecular formula is C12H9BrClN3O3. The summed E-state index contributed by atoms with van der Waals surface area (Å²) in [6, 6.07) is 6.03. The van der Waals surface area contributed by atoms with E-state index in [1.165, 1.54) is 12.1 Å². The molecule has 0 fully saturated rings. The molecule has 0 bridgehead atoms. The SMILES string of the molecule is Nc1ccnc(COc2c(Br)cc(Cl)cc2[N+](=O)[O-])c1. The zero-order valence-corrected chi connectivity index (χ0v) is 12.4. The maximum atomic E-state index is 11.0. The van der Waals surface area contributed by atoms with Gasteiger partial charge < -0.3 is 10.5 Å². The Kier molecular flexibility index (Phi) is 4.41. The molecule has 0 radical (unpaired) electrons. The molecule has 2 N–H and O–H groups in total. The van der Waals surface area contributed by atoms with Crippen LogP contribution in [0.5, 0.6) is 5.75 Å². The minimum atomic E-state index is -0.557. The van der Waals surface area contributed by atoms with Gasteiger partial charge in [-0.3, -0.25) is 15.1 Å². The van der Waals surface area contributed by atoms with Crippen LogP contribution in [0, 0.1) is 10.1 Å². The number of nitrogen functional groups attached to an aromatic ring is 1. The molecule has 0 amide bonds. The van der Waals surface area contributed by atoms with Crippen molar-refractivity contribution in [3.63, 3.8) is 0 Å². The van der Waals surface area contributed by atoms with Gasteiger partial charge in [-0.25, -0.2) is 0 Å². The van der Waals surface area contributed by atoms with Gasteiger partial charge in [0.15, 0.2) is 0 Å². The Bertz CT molecular complexity index is 666. The van der Waals surface area contributed by atoms with Crippen LogP contribution in [0.2, 0.25) is 5.02 Å². The number of anilines is 1. The molecule has 2 rings (SSSR count). The van der Waals surface area contributed by atoms with Crippen molar-refractivity contribution in [3.05, 3.63) is 55.8 Å². The summed E-state index contributed by atoms with van der Waals surface area (Å²) in [7, 11) is 0. The number of ether oxygens (including phenoxy) is 1. The lowest BCUT2D eigenvalue weighted by Crippen LogP contribution is -2.02. The zero-order valence-electron chi connectivity index (χ0n) is 10.0. The Morgan fingerprint density at radius 2 is 2.20 bits per heavy atom. The van der Waals surface area contributed by atoms with Crippen molar-refractivity contribution in [2.24, 2.45) is 0 Å². The number of hydrogen-bond donors (Lipinski definition) is 1. The Hall–Kier alpha value is -1.86. The third kappa shape index (κ3) is 3.37. The summed E-state index contributed by atoms with van der Waals surface area (Å²) >= 11 is 8.98. The van der Waals surface area contributed by atoms with Crippen LogP contribution in [0.15, 0.2) is 34.9 Å². The number of nitro groups is 1. The highest BCUT2D eigenvalue weighted by atomic mass is 79.9. The molecule has 1 aromatic heterocycles. The Morgan fingerprint density at radius 1 is 1.45 bits per heavy atom. The van der Waals surface area contributed by atoms with Gasteiger partial charge in [0, 0.05) is 23.0 Å². The van der Waals surface area contributed by atoms with Crippen molar-refractivity contribution >= 4 is 38.9 Å². The average Bonchev–Trinajstić information content (AvgIpc) is 2.36. The molecule has 104 valence electrons. The summed E-state index contributed by atoms with van der Waals surface area (Å²) < 4.78 is 5.86. The second kappa shape index (κ2) is 6.06.